The fourth-order valence-corrected chi connectivity index (χ4v) is 3.32. The van der Waals surface area contributed by atoms with Crippen LogP contribution in [0.2, 0.25) is 0 Å². The minimum Gasteiger partial charge on any atom is -0.451 e. The first-order chi connectivity index (χ1) is 14.8. The normalized spacial score (nSPS) is 11.5. The number of fused-ring (bicyclic) bond motifs is 1. The van der Waals surface area contributed by atoms with Crippen molar-refractivity contribution in [3.63, 3.8) is 0 Å². The zero-order valence-electron chi connectivity index (χ0n) is 16.6. The number of anilines is 2. The van der Waals surface area contributed by atoms with Gasteiger partial charge in [0.05, 0.1) is 5.56 Å². The fraction of sp³-hybridized carbons (Fsp3) is 0.125. The van der Waals surface area contributed by atoms with Crippen molar-refractivity contribution in [3.8, 4) is 0 Å². The molecule has 158 valence electrons. The minimum atomic E-state index is -4.43. The van der Waals surface area contributed by atoms with E-state index in [2.05, 4.69) is 10.6 Å². The van der Waals surface area contributed by atoms with Crippen molar-refractivity contribution in [2.45, 2.75) is 19.6 Å². The van der Waals surface area contributed by atoms with Crippen LogP contribution in [0, 0.1) is 6.92 Å². The van der Waals surface area contributed by atoms with Crippen LogP contribution in [0.4, 0.5) is 24.5 Å². The summed E-state index contributed by atoms with van der Waals surface area (Å²) in [6.45, 7) is 2.01. The lowest BCUT2D eigenvalue weighted by molar-refractivity contribution is -0.138. The van der Waals surface area contributed by atoms with Crippen LogP contribution in [0.3, 0.4) is 0 Å². The van der Waals surface area contributed by atoms with Gasteiger partial charge in [0.2, 0.25) is 0 Å². The number of hydrogen-bond donors (Lipinski definition) is 2. The van der Waals surface area contributed by atoms with Gasteiger partial charge in [-0.3, -0.25) is 4.79 Å². The minimum absolute atomic E-state index is 0.0315. The lowest BCUT2D eigenvalue weighted by Crippen LogP contribution is -2.12. The topological polar surface area (TPSA) is 54.3 Å². The predicted octanol–water partition coefficient (Wildman–Crippen LogP) is 6.62. The molecule has 0 spiro atoms. The first kappa shape index (κ1) is 20.5. The number of furan rings is 1. The maximum atomic E-state index is 12.9. The Kier molecular flexibility index (Phi) is 5.42. The molecule has 0 atom stereocenters. The van der Waals surface area contributed by atoms with Crippen molar-refractivity contribution in [3.05, 3.63) is 95.2 Å². The quantitative estimate of drug-likeness (QED) is 0.378. The zero-order chi connectivity index (χ0) is 22.0. The Bertz CT molecular complexity index is 1230. The molecule has 2 N–H and O–H groups in total. The van der Waals surface area contributed by atoms with E-state index < -0.39 is 17.6 Å². The number of aryl methyl sites for hydroxylation is 1. The van der Waals surface area contributed by atoms with Gasteiger partial charge in [-0.25, -0.2) is 0 Å². The summed E-state index contributed by atoms with van der Waals surface area (Å²) < 4.78 is 44.3. The number of benzene rings is 3. The molecule has 0 bridgehead atoms. The van der Waals surface area contributed by atoms with Crippen molar-refractivity contribution in [1.82, 2.24) is 0 Å². The summed E-state index contributed by atoms with van der Waals surface area (Å²) in [6, 6.07) is 20.5. The molecule has 0 unspecified atom stereocenters. The maximum absolute atomic E-state index is 12.9. The Hall–Kier alpha value is -3.74. The molecular formula is C24H19F3N2O2. The number of halogens is 3. The molecule has 0 saturated carbocycles. The van der Waals surface area contributed by atoms with Crippen LogP contribution in [-0.2, 0) is 12.7 Å². The number of rotatable bonds is 5. The molecule has 3 aromatic carbocycles. The van der Waals surface area contributed by atoms with Crippen LogP contribution in [0.25, 0.3) is 11.0 Å². The third-order valence-electron chi connectivity index (χ3n) is 4.87. The zero-order valence-corrected chi connectivity index (χ0v) is 16.6. The van der Waals surface area contributed by atoms with Gasteiger partial charge in [0.25, 0.3) is 5.91 Å². The van der Waals surface area contributed by atoms with E-state index in [1.165, 1.54) is 19.1 Å². The highest BCUT2D eigenvalue weighted by Crippen LogP contribution is 2.33. The van der Waals surface area contributed by atoms with Crippen molar-refractivity contribution in [2.75, 3.05) is 10.6 Å². The van der Waals surface area contributed by atoms with Crippen molar-refractivity contribution >= 4 is 28.3 Å². The molecule has 0 aliphatic heterocycles. The first-order valence-electron chi connectivity index (χ1n) is 9.60. The Morgan fingerprint density at radius 2 is 1.68 bits per heavy atom. The third-order valence-corrected chi connectivity index (χ3v) is 4.87. The van der Waals surface area contributed by atoms with Crippen LogP contribution in [-0.4, -0.2) is 5.91 Å². The van der Waals surface area contributed by atoms with E-state index in [4.69, 9.17) is 4.42 Å². The monoisotopic (exact) mass is 424 g/mol. The molecule has 4 rings (SSSR count). The number of carbonyl (C=O) groups is 1. The Labute approximate surface area is 176 Å². The van der Waals surface area contributed by atoms with Crippen molar-refractivity contribution in [2.24, 2.45) is 0 Å². The first-order valence-corrected chi connectivity index (χ1v) is 9.60. The van der Waals surface area contributed by atoms with Crippen LogP contribution in [0.1, 0.15) is 27.2 Å². The molecular weight excluding hydrogens is 405 g/mol. The standard InChI is InChI=1S/C24H19F3N2O2/c1-15-11-19(7-9-20(15)24(25,26)27)29-23(30)22-13-17-12-18(8-10-21(17)31-22)28-14-16-5-3-2-4-6-16/h2-13,28H,14H2,1H3,(H,29,30). The van der Waals surface area contributed by atoms with E-state index in [0.717, 1.165) is 22.7 Å². The molecule has 0 radical (unpaired) electrons. The Morgan fingerprint density at radius 1 is 0.935 bits per heavy atom. The summed E-state index contributed by atoms with van der Waals surface area (Å²) in [5, 5.41) is 6.65. The maximum Gasteiger partial charge on any atom is 0.416 e. The smallest absolute Gasteiger partial charge is 0.416 e. The summed E-state index contributed by atoms with van der Waals surface area (Å²) in [4.78, 5) is 12.5. The van der Waals surface area contributed by atoms with E-state index in [0.29, 0.717) is 12.1 Å². The van der Waals surface area contributed by atoms with Gasteiger partial charge in [-0.2, -0.15) is 13.2 Å². The molecule has 1 heterocycles. The van der Waals surface area contributed by atoms with E-state index in [-0.39, 0.29) is 17.0 Å². The summed E-state index contributed by atoms with van der Waals surface area (Å²) in [7, 11) is 0. The van der Waals surface area contributed by atoms with E-state index in [1.54, 1.807) is 12.1 Å². The average Bonchev–Trinajstić information content (AvgIpc) is 3.16. The number of alkyl halides is 3. The summed E-state index contributed by atoms with van der Waals surface area (Å²) in [5.74, 6) is -0.457. The Balaban J connectivity index is 1.48. The molecule has 1 aromatic heterocycles. The predicted molar refractivity (Wildman–Crippen MR) is 114 cm³/mol. The molecule has 0 saturated heterocycles. The van der Waals surface area contributed by atoms with Gasteiger partial charge < -0.3 is 15.1 Å². The Morgan fingerprint density at radius 3 is 2.39 bits per heavy atom. The van der Waals surface area contributed by atoms with E-state index in [1.807, 2.05) is 42.5 Å². The van der Waals surface area contributed by atoms with Crippen LogP contribution in [0.15, 0.2) is 77.2 Å². The van der Waals surface area contributed by atoms with Crippen molar-refractivity contribution < 1.29 is 22.4 Å². The molecule has 0 fully saturated rings. The average molecular weight is 424 g/mol. The van der Waals surface area contributed by atoms with Gasteiger partial charge >= 0.3 is 6.18 Å². The SMILES string of the molecule is Cc1cc(NC(=O)c2cc3cc(NCc4ccccc4)ccc3o2)ccc1C(F)(F)F. The lowest BCUT2D eigenvalue weighted by Gasteiger charge is -2.11. The van der Waals surface area contributed by atoms with Gasteiger partial charge in [-0.1, -0.05) is 30.3 Å². The van der Waals surface area contributed by atoms with Crippen LogP contribution >= 0.6 is 0 Å². The van der Waals surface area contributed by atoms with Gasteiger partial charge in [0.15, 0.2) is 5.76 Å². The molecule has 4 nitrogen and oxygen atoms in total. The number of hydrogen-bond acceptors (Lipinski definition) is 3. The largest absolute Gasteiger partial charge is 0.451 e. The van der Waals surface area contributed by atoms with E-state index >= 15 is 0 Å². The highest BCUT2D eigenvalue weighted by atomic mass is 19.4. The van der Waals surface area contributed by atoms with E-state index in [9.17, 15) is 18.0 Å². The molecule has 7 heteroatoms. The molecule has 4 aromatic rings. The summed E-state index contributed by atoms with van der Waals surface area (Å²) in [5.41, 5.74) is 2.12. The molecule has 0 aliphatic rings. The highest BCUT2D eigenvalue weighted by Gasteiger charge is 2.32. The second kappa shape index (κ2) is 8.18. The number of carbonyl (C=O) groups excluding carboxylic acids is 1. The second-order valence-corrected chi connectivity index (χ2v) is 7.18. The van der Waals surface area contributed by atoms with Gasteiger partial charge in [0, 0.05) is 23.3 Å². The second-order valence-electron chi connectivity index (χ2n) is 7.18. The molecule has 0 aliphatic carbocycles. The van der Waals surface area contributed by atoms with Crippen LogP contribution in [0.5, 0.6) is 0 Å². The van der Waals surface area contributed by atoms with Gasteiger partial charge in [-0.15, -0.1) is 0 Å². The molecule has 31 heavy (non-hydrogen) atoms. The summed E-state index contributed by atoms with van der Waals surface area (Å²) in [6.07, 6.45) is -4.43. The number of amides is 1. The van der Waals surface area contributed by atoms with Gasteiger partial charge in [0.1, 0.15) is 5.58 Å². The fourth-order valence-electron chi connectivity index (χ4n) is 3.32. The van der Waals surface area contributed by atoms with Gasteiger partial charge in [-0.05, 0) is 60.5 Å². The lowest BCUT2D eigenvalue weighted by atomic mass is 10.1. The summed E-state index contributed by atoms with van der Waals surface area (Å²) >= 11 is 0. The van der Waals surface area contributed by atoms with Crippen LogP contribution < -0.4 is 10.6 Å². The highest BCUT2D eigenvalue weighted by molar-refractivity contribution is 6.04. The third kappa shape index (κ3) is 4.71. The molecule has 1 amide bonds. The van der Waals surface area contributed by atoms with Crippen molar-refractivity contribution in [1.29, 1.82) is 0 Å². The number of nitrogens with one attached hydrogen (secondary N) is 2.